The van der Waals surface area contributed by atoms with E-state index in [1.54, 1.807) is 27.7 Å². The van der Waals surface area contributed by atoms with Crippen molar-refractivity contribution in [3.63, 3.8) is 0 Å². The predicted molar refractivity (Wildman–Crippen MR) is 146 cm³/mol. The molecule has 0 aliphatic carbocycles. The van der Waals surface area contributed by atoms with Gasteiger partial charge < -0.3 is 39.4 Å². The fourth-order valence-electron chi connectivity index (χ4n) is 3.91. The van der Waals surface area contributed by atoms with E-state index < -0.39 is 24.4 Å². The molecule has 0 aliphatic heterocycles. The first-order valence-electron chi connectivity index (χ1n) is 13.9. The second-order valence-electron chi connectivity index (χ2n) is 10.8. The average Bonchev–Trinajstić information content (AvgIpc) is 2.78. The highest BCUT2D eigenvalue weighted by Gasteiger charge is 2.19. The topological polar surface area (TPSA) is 124 Å². The highest BCUT2D eigenvalue weighted by atomic mass is 16.5. The summed E-state index contributed by atoms with van der Waals surface area (Å²) in [5.41, 5.74) is 0. The van der Waals surface area contributed by atoms with Crippen molar-refractivity contribution in [1.29, 1.82) is 0 Å². The maximum atomic E-state index is 9.55. The fraction of sp³-hybridized carbons (Fsp3) is 1.00. The Morgan fingerprint density at radius 2 is 0.649 bits per heavy atom. The van der Waals surface area contributed by atoms with Crippen molar-refractivity contribution in [1.82, 2.24) is 9.80 Å². The van der Waals surface area contributed by atoms with Gasteiger partial charge in [0.2, 0.25) is 0 Å². The molecule has 8 unspecified atom stereocenters. The van der Waals surface area contributed by atoms with E-state index in [4.69, 9.17) is 18.9 Å². The summed E-state index contributed by atoms with van der Waals surface area (Å²) in [5, 5.41) is 38.2. The van der Waals surface area contributed by atoms with E-state index in [0.29, 0.717) is 52.6 Å². The zero-order chi connectivity index (χ0) is 28.4. The van der Waals surface area contributed by atoms with E-state index in [1.165, 1.54) is 0 Å². The van der Waals surface area contributed by atoms with Gasteiger partial charge in [0.1, 0.15) is 0 Å². The molecule has 0 aromatic carbocycles. The standard InChI is InChI=1S/C27H58N2O8/c1-20(30)16-34-24(5)12-28(13-25(6)35-17-21(2)31)10-9-11-29(14-26(7)36-18-22(3)32)15-27(8)37-19-23(4)33/h20-27,30-33H,9-19H2,1-8H3. The highest BCUT2D eigenvalue weighted by Crippen LogP contribution is 2.08. The van der Waals surface area contributed by atoms with Gasteiger partial charge in [0.25, 0.3) is 0 Å². The van der Waals surface area contributed by atoms with Crippen LogP contribution in [0.25, 0.3) is 0 Å². The SMILES string of the molecule is CC(O)COC(C)CN(CCCN(CC(C)OCC(C)O)CC(C)OCC(C)O)CC(C)OCC(C)O. The molecule has 10 nitrogen and oxygen atoms in total. The van der Waals surface area contributed by atoms with Gasteiger partial charge >= 0.3 is 0 Å². The Morgan fingerprint density at radius 3 is 0.838 bits per heavy atom. The lowest BCUT2D eigenvalue weighted by Crippen LogP contribution is -2.42. The molecular formula is C27H58N2O8. The minimum atomic E-state index is -0.506. The smallest absolute Gasteiger partial charge is 0.0745 e. The Kier molecular flexibility index (Phi) is 21.2. The summed E-state index contributed by atoms with van der Waals surface area (Å²) in [7, 11) is 0. The van der Waals surface area contributed by atoms with Gasteiger partial charge in [-0.3, -0.25) is 9.80 Å². The van der Waals surface area contributed by atoms with Gasteiger partial charge in [0.05, 0.1) is 75.3 Å². The first-order valence-corrected chi connectivity index (χ1v) is 13.9. The van der Waals surface area contributed by atoms with E-state index in [2.05, 4.69) is 9.80 Å². The summed E-state index contributed by atoms with van der Waals surface area (Å²) in [6.45, 7) is 20.5. The van der Waals surface area contributed by atoms with E-state index in [1.807, 2.05) is 27.7 Å². The number of ether oxygens (including phenoxy) is 4. The molecule has 224 valence electrons. The number of aliphatic hydroxyl groups excluding tert-OH is 4. The molecule has 8 atom stereocenters. The summed E-state index contributed by atoms with van der Waals surface area (Å²) in [6, 6.07) is 0. The lowest BCUT2D eigenvalue weighted by atomic mass is 10.2. The van der Waals surface area contributed by atoms with E-state index >= 15 is 0 Å². The zero-order valence-electron chi connectivity index (χ0n) is 24.7. The molecule has 0 bridgehead atoms. The molecule has 0 saturated heterocycles. The van der Waals surface area contributed by atoms with E-state index in [9.17, 15) is 20.4 Å². The summed E-state index contributed by atoms with van der Waals surface area (Å²) in [5.74, 6) is 0. The first-order chi connectivity index (χ1) is 17.3. The van der Waals surface area contributed by atoms with E-state index in [0.717, 1.165) is 19.5 Å². The van der Waals surface area contributed by atoms with Crippen LogP contribution in [-0.4, -0.2) is 145 Å². The summed E-state index contributed by atoms with van der Waals surface area (Å²) < 4.78 is 23.1. The Balaban J connectivity index is 5.06. The van der Waals surface area contributed by atoms with Crippen LogP contribution in [0.1, 0.15) is 61.8 Å². The van der Waals surface area contributed by atoms with Crippen LogP contribution >= 0.6 is 0 Å². The lowest BCUT2D eigenvalue weighted by molar-refractivity contribution is -0.0367. The van der Waals surface area contributed by atoms with Crippen molar-refractivity contribution >= 4 is 0 Å². The maximum Gasteiger partial charge on any atom is 0.0745 e. The minimum Gasteiger partial charge on any atom is -0.391 e. The van der Waals surface area contributed by atoms with Crippen LogP contribution in [0.5, 0.6) is 0 Å². The molecule has 0 heterocycles. The third-order valence-electron chi connectivity index (χ3n) is 5.50. The van der Waals surface area contributed by atoms with Crippen molar-refractivity contribution in [3.8, 4) is 0 Å². The largest absolute Gasteiger partial charge is 0.391 e. The van der Waals surface area contributed by atoms with Crippen LogP contribution in [0.4, 0.5) is 0 Å². The second-order valence-corrected chi connectivity index (χ2v) is 10.8. The Hall–Kier alpha value is -0.400. The van der Waals surface area contributed by atoms with Crippen LogP contribution in [0.3, 0.4) is 0 Å². The molecule has 0 spiro atoms. The number of nitrogens with zero attached hydrogens (tertiary/aromatic N) is 2. The summed E-state index contributed by atoms with van der Waals surface area (Å²) in [4.78, 5) is 4.61. The molecule has 0 fully saturated rings. The fourth-order valence-corrected chi connectivity index (χ4v) is 3.91. The second kappa shape index (κ2) is 21.4. The zero-order valence-corrected chi connectivity index (χ0v) is 24.7. The molecule has 0 amide bonds. The van der Waals surface area contributed by atoms with Gasteiger partial charge in [-0.15, -0.1) is 0 Å². The number of hydrogen-bond donors (Lipinski definition) is 4. The number of rotatable bonds is 24. The normalized spacial score (nSPS) is 19.0. The molecule has 10 heteroatoms. The van der Waals surface area contributed by atoms with Crippen LogP contribution in [0.2, 0.25) is 0 Å². The van der Waals surface area contributed by atoms with Crippen LogP contribution < -0.4 is 0 Å². The summed E-state index contributed by atoms with van der Waals surface area (Å²) in [6.07, 6.45) is -1.30. The molecule has 0 radical (unpaired) electrons. The predicted octanol–water partition coefficient (Wildman–Crippen LogP) is 1.12. The van der Waals surface area contributed by atoms with Crippen molar-refractivity contribution < 1.29 is 39.4 Å². The van der Waals surface area contributed by atoms with Crippen LogP contribution in [-0.2, 0) is 18.9 Å². The van der Waals surface area contributed by atoms with Gasteiger partial charge in [-0.1, -0.05) is 0 Å². The third-order valence-corrected chi connectivity index (χ3v) is 5.50. The Bertz CT molecular complexity index is 441. The summed E-state index contributed by atoms with van der Waals surface area (Å²) >= 11 is 0. The van der Waals surface area contributed by atoms with Gasteiger partial charge in [-0.05, 0) is 74.9 Å². The molecule has 0 aromatic heterocycles. The van der Waals surface area contributed by atoms with Gasteiger partial charge in [-0.25, -0.2) is 0 Å². The Labute approximate surface area is 225 Å². The van der Waals surface area contributed by atoms with Crippen LogP contribution in [0.15, 0.2) is 0 Å². The van der Waals surface area contributed by atoms with E-state index in [-0.39, 0.29) is 24.4 Å². The number of hydrogen-bond acceptors (Lipinski definition) is 10. The quantitative estimate of drug-likeness (QED) is 0.142. The molecule has 4 N–H and O–H groups in total. The molecule has 0 aromatic rings. The van der Waals surface area contributed by atoms with Crippen molar-refractivity contribution in [3.05, 3.63) is 0 Å². The molecule has 0 rings (SSSR count). The monoisotopic (exact) mass is 538 g/mol. The Morgan fingerprint density at radius 1 is 0.432 bits per heavy atom. The van der Waals surface area contributed by atoms with Crippen molar-refractivity contribution in [2.75, 3.05) is 65.7 Å². The van der Waals surface area contributed by atoms with Crippen molar-refractivity contribution in [2.24, 2.45) is 0 Å². The first kappa shape index (κ1) is 36.6. The van der Waals surface area contributed by atoms with Crippen LogP contribution in [0, 0.1) is 0 Å². The molecule has 37 heavy (non-hydrogen) atoms. The van der Waals surface area contributed by atoms with Gasteiger partial charge in [0, 0.05) is 26.2 Å². The molecule has 0 saturated carbocycles. The third kappa shape index (κ3) is 23.2. The number of aliphatic hydroxyl groups is 4. The molecular weight excluding hydrogens is 480 g/mol. The molecule has 0 aliphatic rings. The minimum absolute atomic E-state index is 0.0440. The maximum absolute atomic E-state index is 9.55. The lowest BCUT2D eigenvalue weighted by Gasteiger charge is -2.31. The average molecular weight is 539 g/mol. The van der Waals surface area contributed by atoms with Crippen molar-refractivity contribution in [2.45, 2.75) is 111 Å². The van der Waals surface area contributed by atoms with Gasteiger partial charge in [-0.2, -0.15) is 0 Å². The van der Waals surface area contributed by atoms with Gasteiger partial charge in [0.15, 0.2) is 0 Å². The highest BCUT2D eigenvalue weighted by molar-refractivity contribution is 4.71.